The van der Waals surface area contributed by atoms with Crippen LogP contribution in [-0.4, -0.2) is 19.7 Å². The quantitative estimate of drug-likeness (QED) is 0.569. The third-order valence-electron chi connectivity index (χ3n) is 4.06. The molecule has 132 valence electrons. The van der Waals surface area contributed by atoms with Gasteiger partial charge in [-0.25, -0.2) is 4.98 Å². The first-order chi connectivity index (χ1) is 11.9. The molecule has 6 heteroatoms. The van der Waals surface area contributed by atoms with Gasteiger partial charge in [0.25, 0.3) is 0 Å². The van der Waals surface area contributed by atoms with Crippen molar-refractivity contribution in [1.29, 1.82) is 0 Å². The average molecular weight is 373 g/mol. The number of aryl methyl sites for hydroxylation is 1. The minimum absolute atomic E-state index is 0.156. The van der Waals surface area contributed by atoms with Crippen LogP contribution in [0.15, 0.2) is 34.8 Å². The van der Waals surface area contributed by atoms with Crippen LogP contribution in [0, 0.1) is 6.92 Å². The maximum atomic E-state index is 4.52. The van der Waals surface area contributed by atoms with Gasteiger partial charge in [0.2, 0.25) is 0 Å². The van der Waals surface area contributed by atoms with Gasteiger partial charge in [-0.3, -0.25) is 0 Å². The Morgan fingerprint density at radius 1 is 1.12 bits per heavy atom. The van der Waals surface area contributed by atoms with Gasteiger partial charge >= 0.3 is 0 Å². The first-order valence-corrected chi connectivity index (χ1v) is 10.3. The summed E-state index contributed by atoms with van der Waals surface area (Å²) in [5.41, 5.74) is 3.70. The summed E-state index contributed by atoms with van der Waals surface area (Å²) in [6.07, 6.45) is 0. The Kier molecular flexibility index (Phi) is 5.29. The molecule has 0 fully saturated rings. The molecule has 0 unspecified atom stereocenters. The van der Waals surface area contributed by atoms with Crippen molar-refractivity contribution in [1.82, 2.24) is 19.7 Å². The molecule has 0 bridgehead atoms. The Morgan fingerprint density at radius 2 is 1.84 bits per heavy atom. The van der Waals surface area contributed by atoms with Crippen molar-refractivity contribution in [3.63, 3.8) is 0 Å². The van der Waals surface area contributed by atoms with Crippen LogP contribution < -0.4 is 0 Å². The van der Waals surface area contributed by atoms with Crippen LogP contribution in [0.3, 0.4) is 0 Å². The molecule has 2 heterocycles. The molecule has 0 aliphatic rings. The minimum Gasteiger partial charge on any atom is -0.302 e. The van der Waals surface area contributed by atoms with Crippen LogP contribution in [0.5, 0.6) is 0 Å². The number of rotatable bonds is 5. The number of nitrogens with zero attached hydrogens (tertiary/aromatic N) is 4. The van der Waals surface area contributed by atoms with Crippen molar-refractivity contribution < 1.29 is 0 Å². The molecule has 0 aliphatic heterocycles. The van der Waals surface area contributed by atoms with Crippen LogP contribution in [0.1, 0.15) is 44.0 Å². The molecular formula is C19H24N4S2. The van der Waals surface area contributed by atoms with Crippen LogP contribution in [-0.2, 0) is 17.7 Å². The Hall–Kier alpha value is -1.66. The molecule has 0 atom stereocenters. The molecule has 0 radical (unpaired) electrons. The highest BCUT2D eigenvalue weighted by molar-refractivity contribution is 7.98. The zero-order valence-electron chi connectivity index (χ0n) is 15.4. The molecular weight excluding hydrogens is 348 g/mol. The first-order valence-electron chi connectivity index (χ1n) is 8.46. The van der Waals surface area contributed by atoms with Gasteiger partial charge in [0.05, 0.1) is 10.7 Å². The summed E-state index contributed by atoms with van der Waals surface area (Å²) in [5, 5.41) is 13.0. The zero-order valence-corrected chi connectivity index (χ0v) is 17.0. The molecule has 4 nitrogen and oxygen atoms in total. The summed E-state index contributed by atoms with van der Waals surface area (Å²) in [7, 11) is 0. The van der Waals surface area contributed by atoms with E-state index >= 15 is 0 Å². The molecule has 25 heavy (non-hydrogen) atoms. The van der Waals surface area contributed by atoms with E-state index in [4.69, 9.17) is 0 Å². The molecule has 0 N–H and O–H groups in total. The molecule has 1 aromatic carbocycles. The lowest BCUT2D eigenvalue weighted by molar-refractivity contribution is 0.590. The smallest absolute Gasteiger partial charge is 0.191 e. The molecule has 0 saturated carbocycles. The maximum absolute atomic E-state index is 4.52. The van der Waals surface area contributed by atoms with Crippen molar-refractivity contribution in [3.8, 4) is 11.4 Å². The monoisotopic (exact) mass is 372 g/mol. The Bertz CT molecular complexity index is 841. The second kappa shape index (κ2) is 7.30. The second-order valence-corrected chi connectivity index (χ2v) is 9.03. The lowest BCUT2D eigenvalue weighted by atomic mass is 9.87. The van der Waals surface area contributed by atoms with E-state index in [1.807, 2.05) is 6.92 Å². The molecule has 3 rings (SSSR count). The molecule has 3 aromatic rings. The van der Waals surface area contributed by atoms with E-state index in [0.717, 1.165) is 39.5 Å². The number of benzene rings is 1. The van der Waals surface area contributed by atoms with Crippen LogP contribution in [0.4, 0.5) is 0 Å². The van der Waals surface area contributed by atoms with Crippen molar-refractivity contribution in [2.45, 2.75) is 57.5 Å². The van der Waals surface area contributed by atoms with E-state index in [1.165, 1.54) is 5.56 Å². The minimum atomic E-state index is 0.156. The topological polar surface area (TPSA) is 43.6 Å². The zero-order chi connectivity index (χ0) is 18.0. The van der Waals surface area contributed by atoms with Gasteiger partial charge in [-0.05, 0) is 24.8 Å². The average Bonchev–Trinajstić information content (AvgIpc) is 3.17. The number of thioether (sulfide) groups is 1. The predicted molar refractivity (Wildman–Crippen MR) is 106 cm³/mol. The first kappa shape index (κ1) is 18.1. The van der Waals surface area contributed by atoms with Gasteiger partial charge in [-0.1, -0.05) is 56.8 Å². The van der Waals surface area contributed by atoms with Crippen molar-refractivity contribution in [2.24, 2.45) is 0 Å². The van der Waals surface area contributed by atoms with Crippen molar-refractivity contribution >= 4 is 23.1 Å². The van der Waals surface area contributed by atoms with Crippen LogP contribution in [0.2, 0.25) is 0 Å². The predicted octanol–water partition coefficient (Wildman–Crippen LogP) is 5.32. The van der Waals surface area contributed by atoms with E-state index in [2.05, 4.69) is 77.1 Å². The van der Waals surface area contributed by atoms with Gasteiger partial charge < -0.3 is 4.57 Å². The van der Waals surface area contributed by atoms with Gasteiger partial charge in [-0.15, -0.1) is 21.5 Å². The Labute approximate surface area is 157 Å². The molecule has 0 aliphatic carbocycles. The van der Waals surface area contributed by atoms with Crippen molar-refractivity contribution in [2.75, 3.05) is 0 Å². The van der Waals surface area contributed by atoms with E-state index in [1.54, 1.807) is 23.1 Å². The van der Waals surface area contributed by atoms with Crippen molar-refractivity contribution in [3.05, 3.63) is 45.9 Å². The summed E-state index contributed by atoms with van der Waals surface area (Å²) in [5.74, 6) is 1.76. The lowest BCUT2D eigenvalue weighted by Crippen LogP contribution is -2.10. The molecule has 0 saturated heterocycles. The number of hydrogen-bond acceptors (Lipinski definition) is 5. The summed E-state index contributed by atoms with van der Waals surface area (Å²) < 4.78 is 2.18. The number of aromatic nitrogens is 4. The molecule has 2 aromatic heterocycles. The summed E-state index contributed by atoms with van der Waals surface area (Å²) in [6, 6.07) is 8.67. The van der Waals surface area contributed by atoms with E-state index < -0.39 is 0 Å². The normalized spacial score (nSPS) is 11.9. The molecule has 0 amide bonds. The fourth-order valence-electron chi connectivity index (χ4n) is 2.63. The highest BCUT2D eigenvalue weighted by atomic mass is 32.2. The standard InChI is InChI=1S/C19H24N4S2/c1-6-23-17(14-7-9-15(10-8-14)19(3,4)5)21-22-18(23)25-12-16-11-24-13(2)20-16/h7-11H,6,12H2,1-5H3. The number of thiazole rings is 1. The summed E-state index contributed by atoms with van der Waals surface area (Å²) in [4.78, 5) is 4.52. The lowest BCUT2D eigenvalue weighted by Gasteiger charge is -2.19. The second-order valence-electron chi connectivity index (χ2n) is 7.02. The summed E-state index contributed by atoms with van der Waals surface area (Å²) in [6.45, 7) is 11.7. The van der Waals surface area contributed by atoms with Gasteiger partial charge in [0, 0.05) is 23.2 Å². The van der Waals surface area contributed by atoms with Gasteiger partial charge in [-0.2, -0.15) is 0 Å². The SMILES string of the molecule is CCn1c(SCc2csc(C)n2)nnc1-c1ccc(C(C)(C)C)cc1. The maximum Gasteiger partial charge on any atom is 0.191 e. The third-order valence-corrected chi connectivity index (χ3v) is 5.88. The van der Waals surface area contributed by atoms with E-state index in [9.17, 15) is 0 Å². The Balaban J connectivity index is 1.81. The third kappa shape index (κ3) is 4.12. The highest BCUT2D eigenvalue weighted by Gasteiger charge is 2.16. The number of hydrogen-bond donors (Lipinski definition) is 0. The fourth-order valence-corrected chi connectivity index (χ4v) is 4.24. The van der Waals surface area contributed by atoms with E-state index in [0.29, 0.717) is 0 Å². The van der Waals surface area contributed by atoms with Crippen LogP contribution in [0.25, 0.3) is 11.4 Å². The largest absolute Gasteiger partial charge is 0.302 e. The fraction of sp³-hybridized carbons (Fsp3) is 0.421. The van der Waals surface area contributed by atoms with E-state index in [-0.39, 0.29) is 5.41 Å². The Morgan fingerprint density at radius 3 is 2.40 bits per heavy atom. The van der Waals surface area contributed by atoms with Gasteiger partial charge in [0.1, 0.15) is 0 Å². The highest BCUT2D eigenvalue weighted by Crippen LogP contribution is 2.29. The molecule has 0 spiro atoms. The summed E-state index contributed by atoms with van der Waals surface area (Å²) >= 11 is 3.38. The van der Waals surface area contributed by atoms with Crippen LogP contribution >= 0.6 is 23.1 Å². The van der Waals surface area contributed by atoms with Gasteiger partial charge in [0.15, 0.2) is 11.0 Å².